The summed E-state index contributed by atoms with van der Waals surface area (Å²) in [6, 6.07) is 1.95. The molecule has 4 nitrogen and oxygen atoms in total. The van der Waals surface area contributed by atoms with Crippen molar-refractivity contribution >= 4 is 0 Å². The Hall–Kier alpha value is -1.01. The molecule has 1 aromatic rings. The number of halogens is 2. The number of nitrogens with zero attached hydrogens (tertiary/aromatic N) is 2. The van der Waals surface area contributed by atoms with Crippen LogP contribution in [0.3, 0.4) is 0 Å². The molecule has 0 spiro atoms. The molecule has 0 amide bonds. The Kier molecular flexibility index (Phi) is 5.95. The van der Waals surface area contributed by atoms with E-state index < -0.39 is 13.0 Å². The third kappa shape index (κ3) is 5.18. The van der Waals surface area contributed by atoms with Crippen molar-refractivity contribution in [3.05, 3.63) is 18.0 Å². The van der Waals surface area contributed by atoms with E-state index >= 15 is 0 Å². The molecule has 16 heavy (non-hydrogen) atoms. The first-order valence-electron chi connectivity index (χ1n) is 5.23. The van der Waals surface area contributed by atoms with Crippen molar-refractivity contribution in [3.8, 4) is 0 Å². The lowest BCUT2D eigenvalue weighted by Crippen LogP contribution is -2.23. The van der Waals surface area contributed by atoms with Crippen LogP contribution in [0.25, 0.3) is 0 Å². The molecule has 0 fully saturated rings. The Morgan fingerprint density at radius 1 is 1.50 bits per heavy atom. The standard InChI is InChI=1S/C10H17F2N3O/c1-15-9(3-5-14-15)2-4-13-6-7-16-8-10(11)12/h3,5,10,13H,2,4,6-8H2,1H3. The number of alkyl halides is 2. The summed E-state index contributed by atoms with van der Waals surface area (Å²) in [7, 11) is 1.89. The monoisotopic (exact) mass is 233 g/mol. The number of hydrogen-bond donors (Lipinski definition) is 1. The van der Waals surface area contributed by atoms with E-state index in [1.807, 2.05) is 17.8 Å². The lowest BCUT2D eigenvalue weighted by molar-refractivity contribution is 0.0188. The third-order valence-corrected chi connectivity index (χ3v) is 2.15. The van der Waals surface area contributed by atoms with Gasteiger partial charge >= 0.3 is 0 Å². The number of ether oxygens (including phenoxy) is 1. The summed E-state index contributed by atoms with van der Waals surface area (Å²) in [5.74, 6) is 0. The highest BCUT2D eigenvalue weighted by atomic mass is 19.3. The van der Waals surface area contributed by atoms with Crippen molar-refractivity contribution in [2.45, 2.75) is 12.8 Å². The second-order valence-electron chi connectivity index (χ2n) is 3.41. The number of rotatable bonds is 8. The molecule has 1 aromatic heterocycles. The first-order valence-corrected chi connectivity index (χ1v) is 5.23. The van der Waals surface area contributed by atoms with Gasteiger partial charge in [0.05, 0.1) is 6.61 Å². The minimum Gasteiger partial charge on any atom is -0.374 e. The Balaban J connectivity index is 1.94. The van der Waals surface area contributed by atoms with E-state index in [1.54, 1.807) is 6.20 Å². The molecule has 0 unspecified atom stereocenters. The highest BCUT2D eigenvalue weighted by Crippen LogP contribution is 1.96. The summed E-state index contributed by atoms with van der Waals surface area (Å²) in [6.45, 7) is 1.21. The number of aryl methyl sites for hydroxylation is 1. The van der Waals surface area contributed by atoms with E-state index in [9.17, 15) is 8.78 Å². The molecular weight excluding hydrogens is 216 g/mol. The maximum absolute atomic E-state index is 11.7. The van der Waals surface area contributed by atoms with Crippen LogP contribution in [-0.2, 0) is 18.2 Å². The van der Waals surface area contributed by atoms with Gasteiger partial charge in [0.15, 0.2) is 0 Å². The summed E-state index contributed by atoms with van der Waals surface area (Å²) in [6.07, 6.45) is 0.237. The van der Waals surface area contributed by atoms with Gasteiger partial charge in [-0.3, -0.25) is 4.68 Å². The van der Waals surface area contributed by atoms with Crippen molar-refractivity contribution in [1.82, 2.24) is 15.1 Å². The summed E-state index contributed by atoms with van der Waals surface area (Å²) in [5.41, 5.74) is 1.14. The average molecular weight is 233 g/mol. The third-order valence-electron chi connectivity index (χ3n) is 2.15. The molecule has 1 rings (SSSR count). The quantitative estimate of drug-likeness (QED) is 0.676. The van der Waals surface area contributed by atoms with Crippen molar-refractivity contribution in [3.63, 3.8) is 0 Å². The average Bonchev–Trinajstić information content (AvgIpc) is 2.62. The number of aromatic nitrogens is 2. The minimum absolute atomic E-state index is 0.315. The van der Waals surface area contributed by atoms with Crippen LogP contribution in [0.15, 0.2) is 12.3 Å². The maximum Gasteiger partial charge on any atom is 0.261 e. The van der Waals surface area contributed by atoms with Crippen LogP contribution in [0.5, 0.6) is 0 Å². The molecule has 0 aliphatic rings. The molecule has 0 aliphatic carbocycles. The summed E-state index contributed by atoms with van der Waals surface area (Å²) >= 11 is 0. The first-order chi connectivity index (χ1) is 7.70. The van der Waals surface area contributed by atoms with Crippen molar-refractivity contribution in [2.75, 3.05) is 26.3 Å². The van der Waals surface area contributed by atoms with Gasteiger partial charge in [0, 0.05) is 38.4 Å². The zero-order valence-corrected chi connectivity index (χ0v) is 9.33. The normalized spacial score (nSPS) is 11.2. The van der Waals surface area contributed by atoms with Crippen LogP contribution in [-0.4, -0.2) is 42.5 Å². The zero-order chi connectivity index (χ0) is 11.8. The minimum atomic E-state index is -2.38. The van der Waals surface area contributed by atoms with Gasteiger partial charge in [-0.1, -0.05) is 0 Å². The van der Waals surface area contributed by atoms with Crippen LogP contribution in [0, 0.1) is 0 Å². The topological polar surface area (TPSA) is 39.1 Å². The van der Waals surface area contributed by atoms with Gasteiger partial charge in [-0.25, -0.2) is 8.78 Å². The Labute approximate surface area is 93.6 Å². The van der Waals surface area contributed by atoms with Crippen LogP contribution in [0.4, 0.5) is 8.78 Å². The van der Waals surface area contributed by atoms with Crippen LogP contribution in [0.1, 0.15) is 5.69 Å². The molecule has 0 aromatic carbocycles. The van der Waals surface area contributed by atoms with E-state index in [0.717, 1.165) is 18.7 Å². The highest BCUT2D eigenvalue weighted by molar-refractivity contribution is 5.00. The van der Waals surface area contributed by atoms with E-state index in [2.05, 4.69) is 10.4 Å². The molecular formula is C10H17F2N3O. The SMILES string of the molecule is Cn1nccc1CCNCCOCC(F)F. The number of nitrogens with one attached hydrogen (secondary N) is 1. The largest absolute Gasteiger partial charge is 0.374 e. The predicted molar refractivity (Wildman–Crippen MR) is 56.6 cm³/mol. The van der Waals surface area contributed by atoms with E-state index in [-0.39, 0.29) is 0 Å². The number of hydrogen-bond acceptors (Lipinski definition) is 3. The summed E-state index contributed by atoms with van der Waals surface area (Å²) in [5, 5.41) is 7.16. The first kappa shape index (κ1) is 13.1. The van der Waals surface area contributed by atoms with Gasteiger partial charge in [0.2, 0.25) is 0 Å². The molecule has 0 atom stereocenters. The van der Waals surface area contributed by atoms with Crippen LogP contribution >= 0.6 is 0 Å². The predicted octanol–water partition coefficient (Wildman–Crippen LogP) is 0.834. The van der Waals surface area contributed by atoms with Crippen molar-refractivity contribution in [1.29, 1.82) is 0 Å². The van der Waals surface area contributed by atoms with Gasteiger partial charge in [0.25, 0.3) is 6.43 Å². The van der Waals surface area contributed by atoms with Gasteiger partial charge < -0.3 is 10.1 Å². The molecule has 0 saturated heterocycles. The van der Waals surface area contributed by atoms with E-state index in [4.69, 9.17) is 4.74 Å². The van der Waals surface area contributed by atoms with Gasteiger partial charge in [0.1, 0.15) is 6.61 Å². The highest BCUT2D eigenvalue weighted by Gasteiger charge is 2.01. The zero-order valence-electron chi connectivity index (χ0n) is 9.33. The van der Waals surface area contributed by atoms with Gasteiger partial charge in [-0.2, -0.15) is 5.10 Å². The van der Waals surface area contributed by atoms with Gasteiger partial charge in [-0.15, -0.1) is 0 Å². The van der Waals surface area contributed by atoms with E-state index in [1.165, 1.54) is 0 Å². The van der Waals surface area contributed by atoms with Gasteiger partial charge in [-0.05, 0) is 6.07 Å². The molecule has 0 saturated carbocycles. The Morgan fingerprint density at radius 3 is 2.94 bits per heavy atom. The molecule has 0 bridgehead atoms. The summed E-state index contributed by atoms with van der Waals surface area (Å²) < 4.78 is 29.9. The smallest absolute Gasteiger partial charge is 0.261 e. The van der Waals surface area contributed by atoms with E-state index in [0.29, 0.717) is 13.2 Å². The second kappa shape index (κ2) is 7.29. The molecule has 6 heteroatoms. The fraction of sp³-hybridized carbons (Fsp3) is 0.700. The fourth-order valence-electron chi connectivity index (χ4n) is 1.30. The fourth-order valence-corrected chi connectivity index (χ4v) is 1.30. The Morgan fingerprint density at radius 2 is 2.31 bits per heavy atom. The molecule has 92 valence electrons. The second-order valence-corrected chi connectivity index (χ2v) is 3.41. The van der Waals surface area contributed by atoms with Crippen LogP contribution < -0.4 is 5.32 Å². The molecule has 1 heterocycles. The maximum atomic E-state index is 11.7. The molecule has 1 N–H and O–H groups in total. The van der Waals surface area contributed by atoms with Crippen LogP contribution in [0.2, 0.25) is 0 Å². The van der Waals surface area contributed by atoms with Crippen molar-refractivity contribution < 1.29 is 13.5 Å². The lowest BCUT2D eigenvalue weighted by atomic mass is 10.3. The summed E-state index contributed by atoms with van der Waals surface area (Å²) in [4.78, 5) is 0. The van der Waals surface area contributed by atoms with Crippen molar-refractivity contribution in [2.24, 2.45) is 7.05 Å². The Bertz CT molecular complexity index is 291. The molecule has 0 aliphatic heterocycles. The lowest BCUT2D eigenvalue weighted by Gasteiger charge is -2.06. The molecule has 0 radical (unpaired) electrons.